The van der Waals surface area contributed by atoms with Crippen LogP contribution in [0.5, 0.6) is 0 Å². The molecule has 0 saturated carbocycles. The van der Waals surface area contributed by atoms with Gasteiger partial charge in [-0.05, 0) is 62.4 Å². The lowest BCUT2D eigenvalue weighted by molar-refractivity contribution is -0.145. The Balaban J connectivity index is 1.42. The molecule has 2 amide bonds. The van der Waals surface area contributed by atoms with Crippen molar-refractivity contribution < 1.29 is 9.59 Å². The molecule has 2 aliphatic heterocycles. The largest absolute Gasteiger partial charge is 0.365 e. The van der Waals surface area contributed by atoms with Crippen LogP contribution in [0, 0.1) is 6.92 Å². The van der Waals surface area contributed by atoms with E-state index < -0.39 is 0 Å². The van der Waals surface area contributed by atoms with Gasteiger partial charge < -0.3 is 14.7 Å². The first-order chi connectivity index (χ1) is 15.5. The highest BCUT2D eigenvalue weighted by molar-refractivity contribution is 5.95. The summed E-state index contributed by atoms with van der Waals surface area (Å²) in [5.41, 5.74) is 3.44. The molecule has 168 valence electrons. The number of benzene rings is 2. The van der Waals surface area contributed by atoms with Gasteiger partial charge >= 0.3 is 0 Å². The maximum absolute atomic E-state index is 13.5. The van der Waals surface area contributed by atoms with E-state index in [1.165, 1.54) is 11.3 Å². The lowest BCUT2D eigenvalue weighted by Crippen LogP contribution is -2.59. The van der Waals surface area contributed by atoms with Gasteiger partial charge in [0.1, 0.15) is 6.04 Å². The lowest BCUT2D eigenvalue weighted by Gasteiger charge is -2.44. The fourth-order valence-corrected chi connectivity index (χ4v) is 4.84. The molecule has 2 saturated heterocycles. The van der Waals surface area contributed by atoms with Crippen LogP contribution >= 0.6 is 0 Å². The van der Waals surface area contributed by atoms with Crippen LogP contribution in [0.4, 0.5) is 5.69 Å². The third-order valence-corrected chi connectivity index (χ3v) is 6.56. The van der Waals surface area contributed by atoms with Crippen LogP contribution in [0.2, 0.25) is 0 Å². The lowest BCUT2D eigenvalue weighted by atomic mass is 9.99. The van der Waals surface area contributed by atoms with Crippen LogP contribution < -0.4 is 4.90 Å². The number of rotatable bonds is 4. The van der Waals surface area contributed by atoms with Crippen LogP contribution in [0.15, 0.2) is 60.7 Å². The molecule has 2 aliphatic rings. The van der Waals surface area contributed by atoms with Crippen molar-refractivity contribution in [3.8, 4) is 0 Å². The number of piperazine rings is 1. The normalized spacial score (nSPS) is 21.8. The molecular formula is C27H33N3O2. The molecule has 0 spiro atoms. The summed E-state index contributed by atoms with van der Waals surface area (Å²) in [6.07, 6.45) is 6.13. The first-order valence-corrected chi connectivity index (χ1v) is 11.7. The van der Waals surface area contributed by atoms with E-state index in [9.17, 15) is 9.59 Å². The highest BCUT2D eigenvalue weighted by Gasteiger charge is 2.36. The molecule has 4 rings (SSSR count). The van der Waals surface area contributed by atoms with Crippen molar-refractivity contribution >= 4 is 23.6 Å². The van der Waals surface area contributed by atoms with Gasteiger partial charge in [0.15, 0.2) is 0 Å². The number of likely N-dealkylation sites (tertiary alicyclic amines) is 1. The van der Waals surface area contributed by atoms with Gasteiger partial charge in [0.2, 0.25) is 11.8 Å². The Kier molecular flexibility index (Phi) is 6.93. The highest BCUT2D eigenvalue weighted by atomic mass is 16.2. The molecule has 2 aromatic carbocycles. The van der Waals surface area contributed by atoms with E-state index in [0.717, 1.165) is 31.4 Å². The Bertz CT molecular complexity index is 972. The molecular weight excluding hydrogens is 398 g/mol. The fraction of sp³-hybridized carbons (Fsp3) is 0.407. The minimum atomic E-state index is -0.352. The van der Waals surface area contributed by atoms with Crippen LogP contribution in [0.3, 0.4) is 0 Å². The van der Waals surface area contributed by atoms with E-state index >= 15 is 0 Å². The molecule has 2 heterocycles. The Morgan fingerprint density at radius 3 is 2.53 bits per heavy atom. The summed E-state index contributed by atoms with van der Waals surface area (Å²) >= 11 is 0. The molecule has 2 atom stereocenters. The van der Waals surface area contributed by atoms with Crippen LogP contribution in [0.25, 0.3) is 6.08 Å². The Labute approximate surface area is 191 Å². The van der Waals surface area contributed by atoms with Crippen molar-refractivity contribution in [1.82, 2.24) is 9.80 Å². The minimum Gasteiger partial charge on any atom is -0.365 e. The molecule has 2 aromatic rings. The molecule has 5 nitrogen and oxygen atoms in total. The zero-order valence-electron chi connectivity index (χ0n) is 19.1. The second-order valence-electron chi connectivity index (χ2n) is 8.95. The van der Waals surface area contributed by atoms with Crippen LogP contribution in [-0.2, 0) is 9.59 Å². The molecule has 0 bridgehead atoms. The standard InChI is InChI=1S/C27H33N3O2/c1-21-9-8-12-24(19-21)29-18-17-28(20-22(29)2)27(32)25-13-6-7-16-30(25)26(31)15-14-23-10-4-3-5-11-23/h3-5,8-12,14-15,19,22,25H,6-7,13,16-18,20H2,1-2H3/b15-14+. The molecule has 5 heteroatoms. The molecule has 0 N–H and O–H groups in total. The van der Waals surface area contributed by atoms with Gasteiger partial charge in [0.25, 0.3) is 0 Å². The van der Waals surface area contributed by atoms with Crippen molar-refractivity contribution in [2.45, 2.75) is 45.2 Å². The van der Waals surface area contributed by atoms with Crippen LogP contribution in [0.1, 0.15) is 37.3 Å². The number of hydrogen-bond acceptors (Lipinski definition) is 3. The SMILES string of the molecule is Cc1cccc(N2CCN(C(=O)C3CCCCN3C(=O)/C=C/c3ccccc3)CC2C)c1. The fourth-order valence-electron chi connectivity index (χ4n) is 4.84. The predicted molar refractivity (Wildman–Crippen MR) is 129 cm³/mol. The van der Waals surface area contributed by atoms with Crippen molar-refractivity contribution in [2.24, 2.45) is 0 Å². The quantitative estimate of drug-likeness (QED) is 0.684. The van der Waals surface area contributed by atoms with Gasteiger partial charge in [-0.2, -0.15) is 0 Å². The highest BCUT2D eigenvalue weighted by Crippen LogP contribution is 2.25. The first kappa shape index (κ1) is 22.1. The number of hydrogen-bond donors (Lipinski definition) is 0. The van der Waals surface area contributed by atoms with E-state index in [0.29, 0.717) is 19.6 Å². The van der Waals surface area contributed by atoms with Crippen LogP contribution in [-0.4, -0.2) is 59.9 Å². The molecule has 32 heavy (non-hydrogen) atoms. The van der Waals surface area contributed by atoms with Crippen molar-refractivity contribution in [2.75, 3.05) is 31.1 Å². The molecule has 0 aliphatic carbocycles. The van der Waals surface area contributed by atoms with Gasteiger partial charge in [0.05, 0.1) is 0 Å². The van der Waals surface area contributed by atoms with E-state index in [1.807, 2.05) is 41.3 Å². The average Bonchev–Trinajstić information content (AvgIpc) is 2.82. The maximum Gasteiger partial charge on any atom is 0.247 e. The van der Waals surface area contributed by atoms with E-state index in [4.69, 9.17) is 0 Å². The zero-order chi connectivity index (χ0) is 22.5. The van der Waals surface area contributed by atoms with Gasteiger partial charge in [-0.1, -0.05) is 42.5 Å². The number of aryl methyl sites for hydroxylation is 1. The summed E-state index contributed by atoms with van der Waals surface area (Å²) in [4.78, 5) is 32.6. The molecule has 2 unspecified atom stereocenters. The number of anilines is 1. The monoisotopic (exact) mass is 431 g/mol. The Morgan fingerprint density at radius 2 is 1.78 bits per heavy atom. The predicted octanol–water partition coefficient (Wildman–Crippen LogP) is 4.13. The van der Waals surface area contributed by atoms with Crippen molar-refractivity contribution in [1.29, 1.82) is 0 Å². The summed E-state index contributed by atoms with van der Waals surface area (Å²) in [7, 11) is 0. The van der Waals surface area contributed by atoms with Gasteiger partial charge in [-0.15, -0.1) is 0 Å². The van der Waals surface area contributed by atoms with Crippen molar-refractivity contribution in [3.63, 3.8) is 0 Å². The first-order valence-electron chi connectivity index (χ1n) is 11.7. The number of carbonyl (C=O) groups excluding carboxylic acids is 2. The van der Waals surface area contributed by atoms with E-state index in [-0.39, 0.29) is 23.9 Å². The Morgan fingerprint density at radius 1 is 0.969 bits per heavy atom. The van der Waals surface area contributed by atoms with Crippen molar-refractivity contribution in [3.05, 3.63) is 71.8 Å². The summed E-state index contributed by atoms with van der Waals surface area (Å²) in [5, 5.41) is 0. The summed E-state index contributed by atoms with van der Waals surface area (Å²) in [6, 6.07) is 18.2. The summed E-state index contributed by atoms with van der Waals surface area (Å²) < 4.78 is 0. The number of amides is 2. The Hall–Kier alpha value is -3.08. The summed E-state index contributed by atoms with van der Waals surface area (Å²) in [5.74, 6) is 0.0280. The summed E-state index contributed by atoms with van der Waals surface area (Å²) in [6.45, 7) is 7.11. The maximum atomic E-state index is 13.5. The van der Waals surface area contributed by atoms with E-state index in [1.54, 1.807) is 11.0 Å². The average molecular weight is 432 g/mol. The van der Waals surface area contributed by atoms with E-state index in [2.05, 4.69) is 43.0 Å². The number of piperidine rings is 1. The van der Waals surface area contributed by atoms with Gasteiger partial charge in [-0.25, -0.2) is 0 Å². The van der Waals surface area contributed by atoms with Gasteiger partial charge in [-0.3, -0.25) is 9.59 Å². The second kappa shape index (κ2) is 10.0. The molecule has 0 radical (unpaired) electrons. The third kappa shape index (κ3) is 5.04. The minimum absolute atomic E-state index is 0.0710. The van der Waals surface area contributed by atoms with Gasteiger partial charge in [0, 0.05) is 44.0 Å². The third-order valence-electron chi connectivity index (χ3n) is 6.56. The smallest absolute Gasteiger partial charge is 0.247 e. The number of nitrogens with zero attached hydrogens (tertiary/aromatic N) is 3. The number of carbonyl (C=O) groups is 2. The topological polar surface area (TPSA) is 43.9 Å². The molecule has 2 fully saturated rings. The zero-order valence-corrected chi connectivity index (χ0v) is 19.1. The molecule has 0 aromatic heterocycles. The second-order valence-corrected chi connectivity index (χ2v) is 8.95.